The second-order valence-electron chi connectivity index (χ2n) is 3.32. The molecular formula is C11H11F3O3. The minimum Gasteiger partial charge on any atom is -0.466 e. The van der Waals surface area contributed by atoms with Crippen LogP contribution in [0.2, 0.25) is 0 Å². The maximum absolute atomic E-state index is 13.2. The Morgan fingerprint density at radius 3 is 2.65 bits per heavy atom. The van der Waals surface area contributed by atoms with Gasteiger partial charge in [-0.25, -0.2) is 13.2 Å². The Balaban J connectivity index is 2.88. The monoisotopic (exact) mass is 248 g/mol. The number of halogens is 3. The van der Waals surface area contributed by atoms with Crippen molar-refractivity contribution in [2.75, 3.05) is 6.61 Å². The van der Waals surface area contributed by atoms with Crippen molar-refractivity contribution in [2.45, 2.75) is 19.4 Å². The van der Waals surface area contributed by atoms with Gasteiger partial charge in [-0.05, 0) is 13.0 Å². The van der Waals surface area contributed by atoms with E-state index in [2.05, 4.69) is 4.74 Å². The van der Waals surface area contributed by atoms with E-state index in [4.69, 9.17) is 0 Å². The van der Waals surface area contributed by atoms with Gasteiger partial charge < -0.3 is 9.84 Å². The van der Waals surface area contributed by atoms with E-state index < -0.39 is 41.5 Å². The standard InChI is InChI=1S/C11H11F3O3/c1-2-17-10(16)5-9(15)7-3-6(12)4-8(13)11(7)14/h3-4,9,15H,2,5H2,1H3/t9-/m0/s1. The molecule has 94 valence electrons. The number of aliphatic hydroxyl groups excluding tert-OH is 1. The summed E-state index contributed by atoms with van der Waals surface area (Å²) in [6.07, 6.45) is -2.20. The first kappa shape index (κ1) is 13.5. The van der Waals surface area contributed by atoms with Crippen molar-refractivity contribution in [3.8, 4) is 0 Å². The molecule has 1 N–H and O–H groups in total. The van der Waals surface area contributed by atoms with Crippen molar-refractivity contribution in [1.82, 2.24) is 0 Å². The third-order valence-corrected chi connectivity index (χ3v) is 2.05. The van der Waals surface area contributed by atoms with E-state index in [-0.39, 0.29) is 6.61 Å². The Morgan fingerprint density at radius 2 is 2.06 bits per heavy atom. The number of hydrogen-bond acceptors (Lipinski definition) is 3. The van der Waals surface area contributed by atoms with Crippen LogP contribution in [0, 0.1) is 17.5 Å². The third-order valence-electron chi connectivity index (χ3n) is 2.05. The second-order valence-corrected chi connectivity index (χ2v) is 3.32. The molecule has 0 amide bonds. The molecule has 1 atom stereocenters. The molecule has 0 aromatic heterocycles. The number of carbonyl (C=O) groups is 1. The van der Waals surface area contributed by atoms with E-state index in [1.165, 1.54) is 0 Å². The lowest BCUT2D eigenvalue weighted by Gasteiger charge is -2.11. The molecule has 6 heteroatoms. The van der Waals surface area contributed by atoms with Crippen molar-refractivity contribution in [2.24, 2.45) is 0 Å². The summed E-state index contributed by atoms with van der Waals surface area (Å²) in [5.41, 5.74) is -0.601. The maximum atomic E-state index is 13.2. The maximum Gasteiger partial charge on any atom is 0.308 e. The van der Waals surface area contributed by atoms with Gasteiger partial charge in [-0.1, -0.05) is 0 Å². The fourth-order valence-corrected chi connectivity index (χ4v) is 1.31. The van der Waals surface area contributed by atoms with Gasteiger partial charge in [0.05, 0.1) is 19.1 Å². The number of benzene rings is 1. The minimum absolute atomic E-state index is 0.103. The molecule has 0 fully saturated rings. The summed E-state index contributed by atoms with van der Waals surface area (Å²) >= 11 is 0. The van der Waals surface area contributed by atoms with Gasteiger partial charge in [0.1, 0.15) is 5.82 Å². The van der Waals surface area contributed by atoms with Crippen LogP contribution in [0.25, 0.3) is 0 Å². The van der Waals surface area contributed by atoms with E-state index in [9.17, 15) is 23.1 Å². The zero-order valence-corrected chi connectivity index (χ0v) is 9.04. The molecule has 0 aliphatic carbocycles. The first-order chi connectivity index (χ1) is 7.95. The molecule has 1 aromatic rings. The van der Waals surface area contributed by atoms with Crippen molar-refractivity contribution < 1.29 is 27.8 Å². The molecule has 0 unspecified atom stereocenters. The quantitative estimate of drug-likeness (QED) is 0.655. The molecule has 0 spiro atoms. The summed E-state index contributed by atoms with van der Waals surface area (Å²) < 4.78 is 43.4. The number of carbonyl (C=O) groups excluding carboxylic acids is 1. The Morgan fingerprint density at radius 1 is 1.41 bits per heavy atom. The summed E-state index contributed by atoms with van der Waals surface area (Å²) in [6.45, 7) is 1.66. The third kappa shape index (κ3) is 3.45. The molecule has 0 bridgehead atoms. The number of hydrogen-bond donors (Lipinski definition) is 1. The van der Waals surface area contributed by atoms with Gasteiger partial charge in [-0.2, -0.15) is 0 Å². The highest BCUT2D eigenvalue weighted by Gasteiger charge is 2.21. The summed E-state index contributed by atoms with van der Waals surface area (Å²) in [4.78, 5) is 11.0. The summed E-state index contributed by atoms with van der Waals surface area (Å²) in [5.74, 6) is -4.59. The van der Waals surface area contributed by atoms with Crippen LogP contribution in [-0.2, 0) is 9.53 Å². The lowest BCUT2D eigenvalue weighted by molar-refractivity contribution is -0.145. The number of ether oxygens (including phenoxy) is 1. The van der Waals surface area contributed by atoms with Crippen molar-refractivity contribution in [3.63, 3.8) is 0 Å². The second kappa shape index (κ2) is 5.67. The van der Waals surface area contributed by atoms with Gasteiger partial charge in [0, 0.05) is 11.6 Å². The number of esters is 1. The highest BCUT2D eigenvalue weighted by molar-refractivity contribution is 5.70. The average molecular weight is 248 g/mol. The molecule has 0 aliphatic rings. The molecule has 0 radical (unpaired) electrons. The summed E-state index contributed by atoms with van der Waals surface area (Å²) in [5, 5.41) is 9.47. The Hall–Kier alpha value is -1.56. The van der Waals surface area contributed by atoms with E-state index in [0.717, 1.165) is 0 Å². The van der Waals surface area contributed by atoms with Gasteiger partial charge in [0.15, 0.2) is 11.6 Å². The fourth-order valence-electron chi connectivity index (χ4n) is 1.31. The average Bonchev–Trinajstić information content (AvgIpc) is 2.23. The molecule has 3 nitrogen and oxygen atoms in total. The van der Waals surface area contributed by atoms with E-state index in [1.54, 1.807) is 6.92 Å². The first-order valence-electron chi connectivity index (χ1n) is 4.93. The first-order valence-corrected chi connectivity index (χ1v) is 4.93. The predicted molar refractivity (Wildman–Crippen MR) is 52.5 cm³/mol. The van der Waals surface area contributed by atoms with Crippen molar-refractivity contribution >= 4 is 5.97 Å². The van der Waals surface area contributed by atoms with Gasteiger partial charge in [-0.3, -0.25) is 4.79 Å². The summed E-state index contributed by atoms with van der Waals surface area (Å²) in [7, 11) is 0. The molecular weight excluding hydrogens is 237 g/mol. The fraction of sp³-hybridized carbons (Fsp3) is 0.364. The van der Waals surface area contributed by atoms with Crippen LogP contribution in [0.4, 0.5) is 13.2 Å². The zero-order chi connectivity index (χ0) is 13.0. The zero-order valence-electron chi connectivity index (χ0n) is 9.04. The van der Waals surface area contributed by atoms with Crippen LogP contribution in [0.3, 0.4) is 0 Å². The smallest absolute Gasteiger partial charge is 0.308 e. The van der Waals surface area contributed by atoms with Gasteiger partial charge >= 0.3 is 5.97 Å². The molecule has 0 saturated heterocycles. The van der Waals surface area contributed by atoms with E-state index >= 15 is 0 Å². The van der Waals surface area contributed by atoms with Gasteiger partial charge in [0.25, 0.3) is 0 Å². The Bertz CT molecular complexity index is 421. The molecule has 0 heterocycles. The van der Waals surface area contributed by atoms with Gasteiger partial charge in [-0.15, -0.1) is 0 Å². The number of rotatable bonds is 4. The van der Waals surface area contributed by atoms with E-state index in [0.29, 0.717) is 12.1 Å². The highest BCUT2D eigenvalue weighted by atomic mass is 19.2. The molecule has 0 aliphatic heterocycles. The number of aliphatic hydroxyl groups is 1. The largest absolute Gasteiger partial charge is 0.466 e. The van der Waals surface area contributed by atoms with Crippen molar-refractivity contribution in [3.05, 3.63) is 35.1 Å². The van der Waals surface area contributed by atoms with Crippen LogP contribution in [0.1, 0.15) is 25.0 Å². The van der Waals surface area contributed by atoms with E-state index in [1.807, 2.05) is 0 Å². The van der Waals surface area contributed by atoms with Gasteiger partial charge in [0.2, 0.25) is 0 Å². The van der Waals surface area contributed by atoms with Crippen molar-refractivity contribution in [1.29, 1.82) is 0 Å². The lowest BCUT2D eigenvalue weighted by Crippen LogP contribution is -2.12. The van der Waals surface area contributed by atoms with Crippen LogP contribution < -0.4 is 0 Å². The molecule has 1 aromatic carbocycles. The topological polar surface area (TPSA) is 46.5 Å². The predicted octanol–water partition coefficient (Wildman–Crippen LogP) is 2.09. The van der Waals surface area contributed by atoms with Crippen LogP contribution in [0.5, 0.6) is 0 Å². The van der Waals surface area contributed by atoms with Crippen LogP contribution >= 0.6 is 0 Å². The molecule has 0 saturated carbocycles. The SMILES string of the molecule is CCOC(=O)C[C@H](O)c1cc(F)cc(F)c1F. The van der Waals surface area contributed by atoms with Crippen LogP contribution in [0.15, 0.2) is 12.1 Å². The minimum atomic E-state index is -1.64. The highest BCUT2D eigenvalue weighted by Crippen LogP contribution is 2.23. The molecule has 17 heavy (non-hydrogen) atoms. The normalized spacial score (nSPS) is 12.3. The lowest BCUT2D eigenvalue weighted by atomic mass is 10.1. The van der Waals surface area contributed by atoms with Crippen LogP contribution in [-0.4, -0.2) is 17.7 Å². The summed E-state index contributed by atoms with van der Waals surface area (Å²) in [6, 6.07) is 0.998. The molecule has 1 rings (SSSR count). The Labute approximate surface area is 95.8 Å². The Kier molecular flexibility index (Phi) is 4.51.